The van der Waals surface area contributed by atoms with E-state index in [0.29, 0.717) is 5.92 Å². The summed E-state index contributed by atoms with van der Waals surface area (Å²) in [5.41, 5.74) is 6.03. The van der Waals surface area contributed by atoms with E-state index in [0.717, 1.165) is 51.1 Å². The molecule has 0 aromatic heterocycles. The molecule has 1 saturated carbocycles. The molecule has 1 heterocycles. The van der Waals surface area contributed by atoms with Crippen LogP contribution in [0.2, 0.25) is 0 Å². The zero-order valence-electron chi connectivity index (χ0n) is 15.0. The Morgan fingerprint density at radius 3 is 2.65 bits per heavy atom. The van der Waals surface area contributed by atoms with Crippen LogP contribution in [0.3, 0.4) is 0 Å². The number of nitrogens with two attached hydrogens (primary N) is 1. The van der Waals surface area contributed by atoms with Crippen LogP contribution in [0.5, 0.6) is 0 Å². The van der Waals surface area contributed by atoms with Gasteiger partial charge in [0.05, 0.1) is 6.10 Å². The molecule has 4 nitrogen and oxygen atoms in total. The van der Waals surface area contributed by atoms with Gasteiger partial charge in [-0.25, -0.2) is 0 Å². The fourth-order valence-corrected chi connectivity index (χ4v) is 3.91. The molecule has 0 bridgehead atoms. The molecule has 2 rings (SSSR count). The number of likely N-dealkylation sites (tertiary alicyclic amines) is 1. The number of carbonyl (C=O) groups excluding carboxylic acids is 1. The Hall–Kier alpha value is -0.320. The van der Waals surface area contributed by atoms with Gasteiger partial charge in [0.1, 0.15) is 6.10 Å². The van der Waals surface area contributed by atoms with Crippen molar-refractivity contribution in [2.24, 2.45) is 17.6 Å². The maximum atomic E-state index is 12.8. The van der Waals surface area contributed by atoms with Crippen molar-refractivity contribution in [3.05, 3.63) is 0 Å². The Bertz CT molecular complexity index is 365. The quantitative estimate of drug-likeness (QED) is 0.830. The number of rotatable bonds is 5. The normalized spacial score (nSPS) is 31.1. The van der Waals surface area contributed by atoms with E-state index >= 15 is 0 Å². The summed E-state index contributed by atoms with van der Waals surface area (Å²) in [6, 6.07) is 0.163. The summed E-state index contributed by atoms with van der Waals surface area (Å²) in [4.78, 5) is 14.8. The zero-order chi connectivity index (χ0) is 16.1. The number of hydrogen-bond donors (Lipinski definition) is 1. The summed E-state index contributed by atoms with van der Waals surface area (Å²) < 4.78 is 6.20. The summed E-state index contributed by atoms with van der Waals surface area (Å²) in [5, 5.41) is 0. The third kappa shape index (κ3) is 5.91. The predicted octanol–water partition coefficient (Wildman–Crippen LogP) is 3.37. The van der Waals surface area contributed by atoms with Gasteiger partial charge in [-0.3, -0.25) is 4.79 Å². The minimum Gasteiger partial charge on any atom is -0.365 e. The van der Waals surface area contributed by atoms with Crippen molar-refractivity contribution in [3.63, 3.8) is 0 Å². The molecular weight excluding hydrogens is 312 g/mol. The molecule has 23 heavy (non-hydrogen) atoms. The summed E-state index contributed by atoms with van der Waals surface area (Å²) in [6.45, 7) is 8.06. The standard InChI is InChI=1S/C18H34N2O2.ClH/c1-4-17(22-16-9-5-7-13(2)11-16)18(21)20-10-6-8-15(12-20)14(3)19;/h13-17H,4-12,19H2,1-3H3;1H. The number of ether oxygens (including phenoxy) is 1. The minimum atomic E-state index is -0.262. The SMILES string of the molecule is CCC(OC1CCCC(C)C1)C(=O)N1CCCC(C(C)N)C1.Cl. The highest BCUT2D eigenvalue weighted by atomic mass is 35.5. The second-order valence-electron chi connectivity index (χ2n) is 7.47. The Morgan fingerprint density at radius 2 is 2.04 bits per heavy atom. The molecule has 1 amide bonds. The van der Waals surface area contributed by atoms with Gasteiger partial charge >= 0.3 is 0 Å². The molecule has 2 aliphatic rings. The highest BCUT2D eigenvalue weighted by Gasteiger charge is 2.32. The Labute approximate surface area is 147 Å². The summed E-state index contributed by atoms with van der Waals surface area (Å²) in [6.07, 6.45) is 7.72. The number of nitrogens with zero attached hydrogens (tertiary/aromatic N) is 1. The van der Waals surface area contributed by atoms with Crippen LogP contribution in [0.1, 0.15) is 65.7 Å². The first-order valence-electron chi connectivity index (χ1n) is 9.21. The highest BCUT2D eigenvalue weighted by Crippen LogP contribution is 2.28. The van der Waals surface area contributed by atoms with Crippen molar-refractivity contribution in [2.45, 2.75) is 84.0 Å². The molecule has 5 heteroatoms. The van der Waals surface area contributed by atoms with E-state index < -0.39 is 0 Å². The van der Waals surface area contributed by atoms with Crippen LogP contribution in [0.15, 0.2) is 0 Å². The van der Waals surface area contributed by atoms with Gasteiger partial charge in [0.2, 0.25) is 0 Å². The van der Waals surface area contributed by atoms with E-state index in [-0.39, 0.29) is 36.6 Å². The Balaban J connectivity index is 0.00000264. The lowest BCUT2D eigenvalue weighted by Crippen LogP contribution is -2.49. The molecule has 2 N–H and O–H groups in total. The maximum absolute atomic E-state index is 12.8. The Morgan fingerprint density at radius 1 is 1.30 bits per heavy atom. The van der Waals surface area contributed by atoms with E-state index in [2.05, 4.69) is 20.8 Å². The van der Waals surface area contributed by atoms with Crippen LogP contribution in [-0.4, -0.2) is 42.1 Å². The fourth-order valence-electron chi connectivity index (χ4n) is 3.91. The molecule has 1 saturated heterocycles. The van der Waals surface area contributed by atoms with Gasteiger partial charge in [0, 0.05) is 19.1 Å². The first kappa shape index (κ1) is 20.7. The van der Waals surface area contributed by atoms with Crippen molar-refractivity contribution in [2.75, 3.05) is 13.1 Å². The minimum absolute atomic E-state index is 0. The molecule has 1 aliphatic carbocycles. The largest absolute Gasteiger partial charge is 0.365 e. The predicted molar refractivity (Wildman–Crippen MR) is 96.8 cm³/mol. The molecule has 0 spiro atoms. The van der Waals surface area contributed by atoms with Crippen molar-refractivity contribution < 1.29 is 9.53 Å². The number of piperidine rings is 1. The lowest BCUT2D eigenvalue weighted by molar-refractivity contribution is -0.151. The van der Waals surface area contributed by atoms with Gasteiger partial charge in [-0.05, 0) is 50.9 Å². The van der Waals surface area contributed by atoms with Crippen molar-refractivity contribution in [1.82, 2.24) is 4.90 Å². The lowest BCUT2D eigenvalue weighted by Gasteiger charge is -2.37. The third-order valence-electron chi connectivity index (χ3n) is 5.40. The van der Waals surface area contributed by atoms with E-state index in [1.54, 1.807) is 0 Å². The topological polar surface area (TPSA) is 55.6 Å². The molecule has 136 valence electrons. The van der Waals surface area contributed by atoms with E-state index in [9.17, 15) is 4.79 Å². The van der Waals surface area contributed by atoms with E-state index in [1.807, 2.05) is 4.90 Å². The van der Waals surface area contributed by atoms with Crippen molar-refractivity contribution in [1.29, 1.82) is 0 Å². The highest BCUT2D eigenvalue weighted by molar-refractivity contribution is 5.85. The van der Waals surface area contributed by atoms with Gasteiger partial charge in [0.15, 0.2) is 0 Å². The van der Waals surface area contributed by atoms with E-state index in [4.69, 9.17) is 10.5 Å². The smallest absolute Gasteiger partial charge is 0.251 e. The molecular formula is C18H35ClN2O2. The van der Waals surface area contributed by atoms with Gasteiger partial charge in [-0.1, -0.05) is 26.7 Å². The first-order valence-corrected chi connectivity index (χ1v) is 9.21. The summed E-state index contributed by atoms with van der Waals surface area (Å²) in [5.74, 6) is 1.35. The van der Waals surface area contributed by atoms with Crippen LogP contribution in [-0.2, 0) is 9.53 Å². The summed E-state index contributed by atoms with van der Waals surface area (Å²) >= 11 is 0. The first-order chi connectivity index (χ1) is 10.5. The Kier molecular flexibility index (Phi) is 8.88. The van der Waals surface area contributed by atoms with Gasteiger partial charge in [-0.15, -0.1) is 12.4 Å². The van der Waals surface area contributed by atoms with Crippen molar-refractivity contribution in [3.8, 4) is 0 Å². The fraction of sp³-hybridized carbons (Fsp3) is 0.944. The van der Waals surface area contributed by atoms with Crippen LogP contribution < -0.4 is 5.73 Å². The molecule has 1 aliphatic heterocycles. The average molecular weight is 347 g/mol. The van der Waals surface area contributed by atoms with Crippen LogP contribution in [0.4, 0.5) is 0 Å². The monoisotopic (exact) mass is 346 g/mol. The number of halogens is 1. The number of carbonyl (C=O) groups is 1. The van der Waals surface area contributed by atoms with Gasteiger partial charge < -0.3 is 15.4 Å². The number of hydrogen-bond acceptors (Lipinski definition) is 3. The molecule has 5 atom stereocenters. The third-order valence-corrected chi connectivity index (χ3v) is 5.40. The van der Waals surface area contributed by atoms with E-state index in [1.165, 1.54) is 12.8 Å². The molecule has 0 aromatic rings. The van der Waals surface area contributed by atoms with Crippen LogP contribution in [0.25, 0.3) is 0 Å². The van der Waals surface area contributed by atoms with Gasteiger partial charge in [0.25, 0.3) is 5.91 Å². The molecule has 2 fully saturated rings. The van der Waals surface area contributed by atoms with Crippen LogP contribution in [0, 0.1) is 11.8 Å². The van der Waals surface area contributed by atoms with Gasteiger partial charge in [-0.2, -0.15) is 0 Å². The zero-order valence-corrected chi connectivity index (χ0v) is 15.8. The maximum Gasteiger partial charge on any atom is 0.251 e. The van der Waals surface area contributed by atoms with Crippen molar-refractivity contribution >= 4 is 18.3 Å². The average Bonchev–Trinajstić information content (AvgIpc) is 2.52. The number of amides is 1. The molecule has 5 unspecified atom stereocenters. The summed E-state index contributed by atoms with van der Waals surface area (Å²) in [7, 11) is 0. The second kappa shape index (κ2) is 9.85. The molecule has 0 radical (unpaired) electrons. The van der Waals surface area contributed by atoms with Crippen LogP contribution >= 0.6 is 12.4 Å². The lowest BCUT2D eigenvalue weighted by atomic mass is 9.88. The molecule has 0 aromatic carbocycles. The second-order valence-corrected chi connectivity index (χ2v) is 7.47.